The number of methoxy groups -OCH3 is 2. The van der Waals surface area contributed by atoms with Gasteiger partial charge in [0.05, 0.1) is 26.2 Å². The molecule has 0 aromatic heterocycles. The number of ether oxygens (including phenoxy) is 2. The van der Waals surface area contributed by atoms with Crippen LogP contribution in [0.4, 0.5) is 4.39 Å². The van der Waals surface area contributed by atoms with Crippen molar-refractivity contribution in [2.75, 3.05) is 20.8 Å². The van der Waals surface area contributed by atoms with Crippen LogP contribution in [0.25, 0.3) is 0 Å². The van der Waals surface area contributed by atoms with Gasteiger partial charge in [0.1, 0.15) is 5.82 Å². The fourth-order valence-electron chi connectivity index (χ4n) is 5.09. The van der Waals surface area contributed by atoms with Gasteiger partial charge in [-0.1, -0.05) is 41.9 Å². The smallest absolute Gasteiger partial charge is 0.254 e. The van der Waals surface area contributed by atoms with E-state index in [-0.39, 0.29) is 23.4 Å². The van der Waals surface area contributed by atoms with E-state index in [1.807, 2.05) is 24.3 Å². The number of benzene rings is 3. The molecule has 0 spiro atoms. The topological polar surface area (TPSA) is 67.9 Å². The Morgan fingerprint density at radius 1 is 1.09 bits per heavy atom. The highest BCUT2D eigenvalue weighted by molar-refractivity contribution is 6.31. The summed E-state index contributed by atoms with van der Waals surface area (Å²) in [6, 6.07) is 14.9. The van der Waals surface area contributed by atoms with Crippen molar-refractivity contribution in [3.8, 4) is 11.5 Å². The highest BCUT2D eigenvalue weighted by atomic mass is 35.5. The number of nitrogens with one attached hydrogen (secondary N) is 1. The summed E-state index contributed by atoms with van der Waals surface area (Å²) >= 11 is 6.17. The minimum absolute atomic E-state index is 0.124. The molecule has 3 aromatic rings. The Bertz CT molecular complexity index is 1330. The fraction of sp³-hybridized carbons (Fsp3) is 0.259. The molecule has 8 heteroatoms. The summed E-state index contributed by atoms with van der Waals surface area (Å²) in [5.41, 5.74) is 3.66. The van der Waals surface area contributed by atoms with E-state index in [1.165, 1.54) is 26.4 Å². The second-order valence-electron chi connectivity index (χ2n) is 8.62. The van der Waals surface area contributed by atoms with E-state index in [2.05, 4.69) is 5.32 Å². The Morgan fingerprint density at radius 3 is 2.57 bits per heavy atom. The molecule has 3 aromatic carbocycles. The number of nitrogens with zero attached hydrogens (tertiary/aromatic N) is 1. The SMILES string of the molecule is COc1cc2c(cc1OC)[C@@H](C(=O)NCc1ccc(F)cc1Cl)[C@H]1c3ccccc3CCN1C2=O. The van der Waals surface area contributed by atoms with Gasteiger partial charge in [0.2, 0.25) is 5.91 Å². The zero-order chi connectivity index (χ0) is 24.7. The third-order valence-electron chi connectivity index (χ3n) is 6.78. The quantitative estimate of drug-likeness (QED) is 0.560. The van der Waals surface area contributed by atoms with Gasteiger partial charge in [-0.25, -0.2) is 4.39 Å². The highest BCUT2D eigenvalue weighted by Gasteiger charge is 2.46. The molecule has 0 saturated carbocycles. The van der Waals surface area contributed by atoms with Gasteiger partial charge in [0.15, 0.2) is 11.5 Å². The molecule has 2 aliphatic rings. The van der Waals surface area contributed by atoms with Gasteiger partial charge >= 0.3 is 0 Å². The van der Waals surface area contributed by atoms with E-state index in [9.17, 15) is 14.0 Å². The van der Waals surface area contributed by atoms with Crippen LogP contribution >= 0.6 is 11.6 Å². The van der Waals surface area contributed by atoms with Crippen LogP contribution in [0.5, 0.6) is 11.5 Å². The molecule has 1 N–H and O–H groups in total. The lowest BCUT2D eigenvalue weighted by Gasteiger charge is -2.45. The normalized spacial score (nSPS) is 18.3. The Kier molecular flexibility index (Phi) is 6.11. The van der Waals surface area contributed by atoms with Crippen LogP contribution < -0.4 is 14.8 Å². The van der Waals surface area contributed by atoms with Crippen molar-refractivity contribution in [3.63, 3.8) is 0 Å². The van der Waals surface area contributed by atoms with Gasteiger partial charge in [-0.05, 0) is 52.9 Å². The summed E-state index contributed by atoms with van der Waals surface area (Å²) in [6.07, 6.45) is 0.709. The molecule has 0 unspecified atom stereocenters. The number of carbonyl (C=O) groups excluding carboxylic acids is 2. The summed E-state index contributed by atoms with van der Waals surface area (Å²) in [5, 5.41) is 3.20. The molecule has 0 fully saturated rings. The van der Waals surface area contributed by atoms with Crippen molar-refractivity contribution in [3.05, 3.63) is 93.3 Å². The van der Waals surface area contributed by atoms with Crippen LogP contribution in [-0.2, 0) is 17.8 Å². The van der Waals surface area contributed by atoms with Gasteiger partial charge in [0.25, 0.3) is 5.91 Å². The molecule has 35 heavy (non-hydrogen) atoms. The Hall–Kier alpha value is -3.58. The van der Waals surface area contributed by atoms with Gasteiger partial charge in [-0.2, -0.15) is 0 Å². The minimum Gasteiger partial charge on any atom is -0.493 e. The number of fused-ring (bicyclic) bond motifs is 4. The average molecular weight is 495 g/mol. The van der Waals surface area contributed by atoms with E-state index in [0.717, 1.165) is 11.1 Å². The zero-order valence-electron chi connectivity index (χ0n) is 19.3. The molecule has 0 aliphatic carbocycles. The Balaban J connectivity index is 1.60. The first-order valence-electron chi connectivity index (χ1n) is 11.3. The van der Waals surface area contributed by atoms with Gasteiger partial charge in [-0.3, -0.25) is 9.59 Å². The van der Waals surface area contributed by atoms with Crippen LogP contribution in [0, 0.1) is 5.82 Å². The van der Waals surface area contributed by atoms with Crippen LogP contribution in [0.2, 0.25) is 5.02 Å². The lowest BCUT2D eigenvalue weighted by atomic mass is 9.75. The molecular weight excluding hydrogens is 471 g/mol. The second kappa shape index (κ2) is 9.23. The van der Waals surface area contributed by atoms with E-state index in [0.29, 0.717) is 41.2 Å². The van der Waals surface area contributed by atoms with Crippen molar-refractivity contribution >= 4 is 23.4 Å². The number of hydrogen-bond acceptors (Lipinski definition) is 4. The van der Waals surface area contributed by atoms with E-state index < -0.39 is 17.8 Å². The zero-order valence-corrected chi connectivity index (χ0v) is 20.1. The summed E-state index contributed by atoms with van der Waals surface area (Å²) < 4.78 is 24.4. The minimum atomic E-state index is -0.692. The van der Waals surface area contributed by atoms with Crippen molar-refractivity contribution in [1.82, 2.24) is 10.2 Å². The largest absolute Gasteiger partial charge is 0.493 e. The highest BCUT2D eigenvalue weighted by Crippen LogP contribution is 2.48. The molecule has 2 amide bonds. The Morgan fingerprint density at radius 2 is 1.83 bits per heavy atom. The van der Waals surface area contributed by atoms with Crippen LogP contribution in [-0.4, -0.2) is 37.5 Å². The molecule has 6 nitrogen and oxygen atoms in total. The van der Waals surface area contributed by atoms with Crippen molar-refractivity contribution < 1.29 is 23.5 Å². The molecule has 0 bridgehead atoms. The maximum absolute atomic E-state index is 13.8. The number of hydrogen-bond donors (Lipinski definition) is 1. The van der Waals surface area contributed by atoms with Gasteiger partial charge in [0, 0.05) is 23.7 Å². The van der Waals surface area contributed by atoms with Crippen LogP contribution in [0.1, 0.15) is 44.6 Å². The molecule has 180 valence electrons. The van der Waals surface area contributed by atoms with E-state index >= 15 is 0 Å². The first kappa shape index (κ1) is 23.2. The van der Waals surface area contributed by atoms with Crippen molar-refractivity contribution in [2.45, 2.75) is 24.9 Å². The van der Waals surface area contributed by atoms with Crippen molar-refractivity contribution in [2.24, 2.45) is 0 Å². The third-order valence-corrected chi connectivity index (χ3v) is 7.13. The average Bonchev–Trinajstić information content (AvgIpc) is 2.87. The molecule has 2 atom stereocenters. The first-order chi connectivity index (χ1) is 16.9. The predicted molar refractivity (Wildman–Crippen MR) is 129 cm³/mol. The predicted octanol–water partition coefficient (Wildman–Crippen LogP) is 4.65. The van der Waals surface area contributed by atoms with E-state index in [4.69, 9.17) is 21.1 Å². The summed E-state index contributed by atoms with van der Waals surface area (Å²) in [5.74, 6) is -0.684. The monoisotopic (exact) mass is 494 g/mol. The van der Waals surface area contributed by atoms with Gasteiger partial charge < -0.3 is 19.7 Å². The lowest BCUT2D eigenvalue weighted by Crippen LogP contribution is -2.50. The van der Waals surface area contributed by atoms with Gasteiger partial charge in [-0.15, -0.1) is 0 Å². The first-order valence-corrected chi connectivity index (χ1v) is 11.7. The molecule has 2 aliphatic heterocycles. The number of amides is 2. The number of carbonyl (C=O) groups is 2. The second-order valence-corrected chi connectivity index (χ2v) is 9.03. The Labute approximate surface area is 207 Å². The van der Waals surface area contributed by atoms with Crippen LogP contribution in [0.3, 0.4) is 0 Å². The molecule has 0 saturated heterocycles. The van der Waals surface area contributed by atoms with E-state index in [1.54, 1.807) is 23.1 Å². The molecule has 0 radical (unpaired) electrons. The fourth-order valence-corrected chi connectivity index (χ4v) is 5.32. The molecule has 5 rings (SSSR count). The lowest BCUT2D eigenvalue weighted by molar-refractivity contribution is -0.124. The maximum atomic E-state index is 13.8. The maximum Gasteiger partial charge on any atom is 0.254 e. The number of rotatable bonds is 5. The molecular formula is C27H24ClFN2O4. The standard InChI is InChI=1S/C27H24ClFN2O4/c1-34-22-12-19-20(13-23(22)35-2)27(33)31-10-9-15-5-3-4-6-18(15)25(31)24(19)26(32)30-14-16-7-8-17(29)11-21(16)28/h3-8,11-13,24-25H,9-10,14H2,1-2H3,(H,30,32)/t24-,25-/m1/s1. The summed E-state index contributed by atoms with van der Waals surface area (Å²) in [6.45, 7) is 0.626. The summed E-state index contributed by atoms with van der Waals surface area (Å²) in [4.78, 5) is 29.2. The van der Waals surface area contributed by atoms with Crippen molar-refractivity contribution in [1.29, 1.82) is 0 Å². The number of halogens is 2. The molecule has 2 heterocycles. The third kappa shape index (κ3) is 4.00. The van der Waals surface area contributed by atoms with Crippen LogP contribution in [0.15, 0.2) is 54.6 Å². The summed E-state index contributed by atoms with van der Waals surface area (Å²) in [7, 11) is 3.02.